The van der Waals surface area contributed by atoms with E-state index in [1.807, 2.05) is 19.9 Å². The Balaban J connectivity index is 1.74. The van der Waals surface area contributed by atoms with Crippen LogP contribution in [0.5, 0.6) is 5.75 Å². The second-order valence-electron chi connectivity index (χ2n) is 8.29. The van der Waals surface area contributed by atoms with E-state index in [1.165, 1.54) is 23.0 Å². The van der Waals surface area contributed by atoms with Crippen molar-refractivity contribution >= 4 is 54.7 Å². The molecule has 1 heterocycles. The molecule has 4 aromatic rings. The predicted octanol–water partition coefficient (Wildman–Crippen LogP) is 6.94. The SMILES string of the molecule is CC[C@@H](C)c1nc2ccc(Br)cc2c(=O)n1N=Cc1cc(Br)c(OCc2ccccc2F)c([N+](=O)[O-])c1. The monoisotopic (exact) mass is 630 g/mol. The van der Waals surface area contributed by atoms with Crippen LogP contribution in [0.3, 0.4) is 0 Å². The molecule has 1 atom stereocenters. The summed E-state index contributed by atoms with van der Waals surface area (Å²) in [5.41, 5.74) is 0.498. The summed E-state index contributed by atoms with van der Waals surface area (Å²) < 4.78 is 21.8. The fourth-order valence-corrected chi connectivity index (χ4v) is 4.56. The Kier molecular flexibility index (Phi) is 8.13. The van der Waals surface area contributed by atoms with E-state index < -0.39 is 10.7 Å². The molecule has 0 saturated carbocycles. The Bertz CT molecular complexity index is 1590. The zero-order valence-electron chi connectivity index (χ0n) is 19.8. The quantitative estimate of drug-likeness (QED) is 0.119. The van der Waals surface area contributed by atoms with Crippen molar-refractivity contribution in [3.8, 4) is 5.75 Å². The van der Waals surface area contributed by atoms with Crippen LogP contribution < -0.4 is 10.3 Å². The summed E-state index contributed by atoms with van der Waals surface area (Å²) in [7, 11) is 0. The Morgan fingerprint density at radius 3 is 2.68 bits per heavy atom. The van der Waals surface area contributed by atoms with Gasteiger partial charge in [0.1, 0.15) is 18.2 Å². The molecule has 0 fully saturated rings. The van der Waals surface area contributed by atoms with Gasteiger partial charge >= 0.3 is 5.69 Å². The molecule has 0 aliphatic carbocycles. The van der Waals surface area contributed by atoms with Gasteiger partial charge in [-0.2, -0.15) is 9.78 Å². The highest BCUT2D eigenvalue weighted by atomic mass is 79.9. The van der Waals surface area contributed by atoms with Crippen molar-refractivity contribution in [3.05, 3.63) is 107 Å². The van der Waals surface area contributed by atoms with Crippen LogP contribution in [-0.4, -0.2) is 20.8 Å². The molecular weight excluding hydrogens is 611 g/mol. The zero-order valence-corrected chi connectivity index (χ0v) is 23.0. The van der Waals surface area contributed by atoms with Crippen LogP contribution in [0.4, 0.5) is 10.1 Å². The molecule has 0 aliphatic rings. The molecule has 0 bridgehead atoms. The number of hydrogen-bond acceptors (Lipinski definition) is 6. The maximum atomic E-state index is 14.0. The number of nitrogens with zero attached hydrogens (tertiary/aromatic N) is 4. The van der Waals surface area contributed by atoms with E-state index in [0.717, 1.165) is 10.9 Å². The highest BCUT2D eigenvalue weighted by molar-refractivity contribution is 9.10. The van der Waals surface area contributed by atoms with Gasteiger partial charge in [-0.05, 0) is 52.7 Å². The minimum atomic E-state index is -0.593. The van der Waals surface area contributed by atoms with Crippen molar-refractivity contribution in [1.82, 2.24) is 9.66 Å². The second-order valence-corrected chi connectivity index (χ2v) is 10.1. The summed E-state index contributed by atoms with van der Waals surface area (Å²) >= 11 is 6.70. The van der Waals surface area contributed by atoms with Gasteiger partial charge in [0.05, 0.1) is 26.5 Å². The second kappa shape index (κ2) is 11.3. The third kappa shape index (κ3) is 5.78. The van der Waals surface area contributed by atoms with Crippen molar-refractivity contribution in [3.63, 3.8) is 0 Å². The van der Waals surface area contributed by atoms with Crippen LogP contribution in [0.1, 0.15) is 43.1 Å². The van der Waals surface area contributed by atoms with E-state index >= 15 is 0 Å². The average Bonchev–Trinajstić information content (AvgIpc) is 2.87. The fraction of sp³-hybridized carbons (Fsp3) is 0.192. The first kappa shape index (κ1) is 26.6. The highest BCUT2D eigenvalue weighted by Gasteiger charge is 2.21. The molecule has 0 amide bonds. The van der Waals surface area contributed by atoms with Gasteiger partial charge in [-0.15, -0.1) is 0 Å². The molecule has 1 aromatic heterocycles. The van der Waals surface area contributed by atoms with Gasteiger partial charge in [0, 0.05) is 27.6 Å². The van der Waals surface area contributed by atoms with Crippen LogP contribution in [0.2, 0.25) is 0 Å². The number of ether oxygens (including phenoxy) is 1. The predicted molar refractivity (Wildman–Crippen MR) is 147 cm³/mol. The summed E-state index contributed by atoms with van der Waals surface area (Å²) in [5.74, 6) is -0.0891. The maximum absolute atomic E-state index is 14.0. The first-order valence-electron chi connectivity index (χ1n) is 11.3. The van der Waals surface area contributed by atoms with Gasteiger partial charge in [-0.3, -0.25) is 14.9 Å². The van der Waals surface area contributed by atoms with Crippen LogP contribution in [0.15, 0.2) is 73.4 Å². The van der Waals surface area contributed by atoms with Gasteiger partial charge in [-0.1, -0.05) is 48.0 Å². The lowest BCUT2D eigenvalue weighted by molar-refractivity contribution is -0.386. The van der Waals surface area contributed by atoms with Gasteiger partial charge in [0.2, 0.25) is 5.75 Å². The lowest BCUT2D eigenvalue weighted by Gasteiger charge is -2.14. The summed E-state index contributed by atoms with van der Waals surface area (Å²) in [4.78, 5) is 29.2. The number of nitro benzene ring substituents is 1. The smallest absolute Gasteiger partial charge is 0.312 e. The maximum Gasteiger partial charge on any atom is 0.312 e. The van der Waals surface area contributed by atoms with Gasteiger partial charge in [0.15, 0.2) is 0 Å². The molecule has 11 heteroatoms. The number of rotatable bonds is 8. The third-order valence-electron chi connectivity index (χ3n) is 5.78. The van der Waals surface area contributed by atoms with E-state index in [1.54, 1.807) is 36.4 Å². The first-order valence-corrected chi connectivity index (χ1v) is 12.9. The lowest BCUT2D eigenvalue weighted by atomic mass is 10.1. The van der Waals surface area contributed by atoms with Crippen molar-refractivity contribution < 1.29 is 14.1 Å². The van der Waals surface area contributed by atoms with Gasteiger partial charge in [-0.25, -0.2) is 9.37 Å². The van der Waals surface area contributed by atoms with Crippen molar-refractivity contribution in [1.29, 1.82) is 0 Å². The van der Waals surface area contributed by atoms with E-state index in [-0.39, 0.29) is 39.6 Å². The molecular formula is C26H21Br2FN4O4. The standard InChI is InChI=1S/C26H21Br2FN4O4/c1-3-15(2)25-31-22-9-8-18(27)12-19(22)26(34)32(25)30-13-16-10-20(28)24(23(11-16)33(35)36)37-14-17-6-4-5-7-21(17)29/h4-13,15H,3,14H2,1-2H3/t15-/m1/s1. The van der Waals surface area contributed by atoms with Crippen LogP contribution in [0, 0.1) is 15.9 Å². The molecule has 190 valence electrons. The van der Waals surface area contributed by atoms with Crippen molar-refractivity contribution in [2.45, 2.75) is 32.8 Å². The molecule has 3 aromatic carbocycles. The number of benzene rings is 3. The van der Waals surface area contributed by atoms with Gasteiger partial charge < -0.3 is 4.74 Å². The van der Waals surface area contributed by atoms with Crippen molar-refractivity contribution in [2.24, 2.45) is 5.10 Å². The molecule has 0 aliphatic heterocycles. The molecule has 0 unspecified atom stereocenters. The number of hydrogen-bond donors (Lipinski definition) is 0. The Labute approximate surface area is 228 Å². The minimum Gasteiger partial charge on any atom is -0.481 e. The normalized spacial score (nSPS) is 12.2. The lowest BCUT2D eigenvalue weighted by Crippen LogP contribution is -2.23. The summed E-state index contributed by atoms with van der Waals surface area (Å²) in [5, 5.41) is 16.6. The summed E-state index contributed by atoms with van der Waals surface area (Å²) in [6, 6.07) is 14.2. The molecule has 4 rings (SSSR count). The molecule has 0 radical (unpaired) electrons. The third-order valence-corrected chi connectivity index (χ3v) is 6.86. The molecule has 0 N–H and O–H groups in total. The number of nitro groups is 1. The first-order chi connectivity index (χ1) is 17.7. The molecule has 0 spiro atoms. The summed E-state index contributed by atoms with van der Waals surface area (Å²) in [6.45, 7) is 3.74. The topological polar surface area (TPSA) is 99.6 Å². The minimum absolute atomic E-state index is 0.0416. The molecule has 0 saturated heterocycles. The Morgan fingerprint density at radius 1 is 1.22 bits per heavy atom. The number of fused-ring (bicyclic) bond motifs is 1. The van der Waals surface area contributed by atoms with E-state index in [2.05, 4.69) is 41.9 Å². The van der Waals surface area contributed by atoms with E-state index in [4.69, 9.17) is 4.74 Å². The molecule has 8 nitrogen and oxygen atoms in total. The fourth-order valence-electron chi connectivity index (χ4n) is 3.62. The van der Waals surface area contributed by atoms with Crippen LogP contribution in [-0.2, 0) is 6.61 Å². The van der Waals surface area contributed by atoms with E-state index in [0.29, 0.717) is 22.3 Å². The van der Waals surface area contributed by atoms with Crippen molar-refractivity contribution in [2.75, 3.05) is 0 Å². The van der Waals surface area contributed by atoms with Crippen LogP contribution >= 0.6 is 31.9 Å². The summed E-state index contributed by atoms with van der Waals surface area (Å²) in [6.07, 6.45) is 2.09. The van der Waals surface area contributed by atoms with E-state index in [9.17, 15) is 19.3 Å². The number of halogens is 3. The highest BCUT2D eigenvalue weighted by Crippen LogP contribution is 2.37. The zero-order chi connectivity index (χ0) is 26.7. The molecule has 37 heavy (non-hydrogen) atoms. The Morgan fingerprint density at radius 2 is 1.97 bits per heavy atom. The average molecular weight is 632 g/mol. The number of aromatic nitrogens is 2. The Hall–Kier alpha value is -3.44. The van der Waals surface area contributed by atoms with Crippen LogP contribution in [0.25, 0.3) is 10.9 Å². The van der Waals surface area contributed by atoms with Gasteiger partial charge in [0.25, 0.3) is 5.56 Å². The largest absolute Gasteiger partial charge is 0.481 e.